The van der Waals surface area contributed by atoms with Gasteiger partial charge in [0.25, 0.3) is 0 Å². The number of nitrogens with zero attached hydrogens (tertiary/aromatic N) is 2. The van der Waals surface area contributed by atoms with Crippen LogP contribution in [0.5, 0.6) is 0 Å². The predicted molar refractivity (Wildman–Crippen MR) is 73.8 cm³/mol. The summed E-state index contributed by atoms with van der Waals surface area (Å²) in [4.78, 5) is 13.5. The molecule has 0 aliphatic heterocycles. The van der Waals surface area contributed by atoms with Gasteiger partial charge in [-0.1, -0.05) is 12.1 Å². The van der Waals surface area contributed by atoms with Gasteiger partial charge in [0.1, 0.15) is 0 Å². The zero-order valence-electron chi connectivity index (χ0n) is 11.1. The second kappa shape index (κ2) is 5.21. The summed E-state index contributed by atoms with van der Waals surface area (Å²) in [5, 5.41) is 4.13. The van der Waals surface area contributed by atoms with E-state index < -0.39 is 0 Å². The molecule has 1 aromatic carbocycles. The van der Waals surface area contributed by atoms with Crippen LogP contribution in [0, 0.1) is 5.92 Å². The molecule has 1 amide bonds. The van der Waals surface area contributed by atoms with Gasteiger partial charge in [-0.3, -0.25) is 4.79 Å². The highest BCUT2D eigenvalue weighted by Crippen LogP contribution is 2.28. The molecule has 1 fully saturated rings. The number of hydrogen-bond acceptors (Lipinski definition) is 3. The number of hydrazone groups is 1. The highest BCUT2D eigenvalue weighted by atomic mass is 16.2. The predicted octanol–water partition coefficient (Wildman–Crippen LogP) is 2.00. The molecule has 1 saturated carbocycles. The van der Waals surface area contributed by atoms with Crippen molar-refractivity contribution in [3.05, 3.63) is 29.8 Å². The lowest BCUT2D eigenvalue weighted by Crippen LogP contribution is -2.20. The topological polar surface area (TPSA) is 44.7 Å². The van der Waals surface area contributed by atoms with Crippen LogP contribution >= 0.6 is 0 Å². The molecule has 0 radical (unpaired) electrons. The van der Waals surface area contributed by atoms with Gasteiger partial charge in [-0.2, -0.15) is 5.10 Å². The molecule has 0 aromatic heterocycles. The Kier molecular flexibility index (Phi) is 3.65. The zero-order valence-corrected chi connectivity index (χ0v) is 11.1. The van der Waals surface area contributed by atoms with Gasteiger partial charge in [-0.05, 0) is 37.5 Å². The molecule has 4 heteroatoms. The quantitative estimate of drug-likeness (QED) is 0.651. The largest absolute Gasteiger partial charge is 0.378 e. The first kappa shape index (κ1) is 12.6. The minimum absolute atomic E-state index is 0.0410. The number of benzene rings is 1. The molecule has 4 nitrogen and oxygen atoms in total. The monoisotopic (exact) mass is 245 g/mol. The minimum atomic E-state index is 0.0410. The SMILES string of the molecule is C/C(=N/NC(=O)C1CC1)c1ccc(N(C)C)cc1. The van der Waals surface area contributed by atoms with Crippen molar-refractivity contribution >= 4 is 17.3 Å². The van der Waals surface area contributed by atoms with Gasteiger partial charge in [-0.25, -0.2) is 5.43 Å². The fourth-order valence-electron chi connectivity index (χ4n) is 1.64. The van der Waals surface area contributed by atoms with Crippen LogP contribution in [-0.2, 0) is 4.79 Å². The van der Waals surface area contributed by atoms with Crippen molar-refractivity contribution in [2.75, 3.05) is 19.0 Å². The average molecular weight is 245 g/mol. The van der Waals surface area contributed by atoms with E-state index in [1.807, 2.05) is 50.2 Å². The molecule has 0 bridgehead atoms. The molecule has 1 aliphatic rings. The van der Waals surface area contributed by atoms with Gasteiger partial charge in [-0.15, -0.1) is 0 Å². The Morgan fingerprint density at radius 2 is 1.89 bits per heavy atom. The first-order valence-corrected chi connectivity index (χ1v) is 6.20. The van der Waals surface area contributed by atoms with Crippen molar-refractivity contribution in [3.8, 4) is 0 Å². The maximum Gasteiger partial charge on any atom is 0.243 e. The summed E-state index contributed by atoms with van der Waals surface area (Å²) < 4.78 is 0. The highest BCUT2D eigenvalue weighted by Gasteiger charge is 2.29. The number of nitrogens with one attached hydrogen (secondary N) is 1. The third-order valence-electron chi connectivity index (χ3n) is 3.08. The van der Waals surface area contributed by atoms with E-state index >= 15 is 0 Å². The minimum Gasteiger partial charge on any atom is -0.378 e. The van der Waals surface area contributed by atoms with Gasteiger partial charge >= 0.3 is 0 Å². The van der Waals surface area contributed by atoms with Crippen LogP contribution in [0.2, 0.25) is 0 Å². The zero-order chi connectivity index (χ0) is 13.1. The standard InChI is InChI=1S/C14H19N3O/c1-10(15-16-14(18)12-4-5-12)11-6-8-13(9-7-11)17(2)3/h6-9,12H,4-5H2,1-3H3,(H,16,18)/b15-10-. The molecule has 1 N–H and O–H groups in total. The van der Waals surface area contributed by atoms with E-state index in [1.54, 1.807) is 0 Å². The van der Waals surface area contributed by atoms with Crippen LogP contribution in [0.3, 0.4) is 0 Å². The lowest BCUT2D eigenvalue weighted by atomic mass is 10.1. The lowest BCUT2D eigenvalue weighted by Gasteiger charge is -2.12. The first-order valence-electron chi connectivity index (χ1n) is 6.20. The number of anilines is 1. The summed E-state index contributed by atoms with van der Waals surface area (Å²) in [6.45, 7) is 1.90. The van der Waals surface area contributed by atoms with E-state index in [-0.39, 0.29) is 11.8 Å². The van der Waals surface area contributed by atoms with Crippen molar-refractivity contribution in [1.82, 2.24) is 5.43 Å². The molecule has 1 aliphatic carbocycles. The highest BCUT2D eigenvalue weighted by molar-refractivity contribution is 5.99. The van der Waals surface area contributed by atoms with Crippen molar-refractivity contribution in [3.63, 3.8) is 0 Å². The summed E-state index contributed by atoms with van der Waals surface area (Å²) in [6, 6.07) is 8.10. The van der Waals surface area contributed by atoms with E-state index in [9.17, 15) is 4.79 Å². The Labute approximate surface area is 108 Å². The third kappa shape index (κ3) is 3.09. The molecular formula is C14H19N3O. The third-order valence-corrected chi connectivity index (χ3v) is 3.08. The van der Waals surface area contributed by atoms with Crippen molar-refractivity contribution < 1.29 is 4.79 Å². The van der Waals surface area contributed by atoms with Gasteiger partial charge in [0.05, 0.1) is 5.71 Å². The molecule has 0 spiro atoms. The maximum absolute atomic E-state index is 11.5. The lowest BCUT2D eigenvalue weighted by molar-refractivity contribution is -0.122. The second-order valence-electron chi connectivity index (χ2n) is 4.89. The van der Waals surface area contributed by atoms with E-state index in [0.29, 0.717) is 0 Å². The fourth-order valence-corrected chi connectivity index (χ4v) is 1.64. The Morgan fingerprint density at radius 1 is 1.28 bits per heavy atom. The Morgan fingerprint density at radius 3 is 2.39 bits per heavy atom. The number of amides is 1. The summed E-state index contributed by atoms with van der Waals surface area (Å²) >= 11 is 0. The molecule has 2 rings (SSSR count). The van der Waals surface area contributed by atoms with E-state index in [2.05, 4.69) is 10.5 Å². The van der Waals surface area contributed by atoms with Crippen molar-refractivity contribution in [2.24, 2.45) is 11.0 Å². The Hall–Kier alpha value is -1.84. The van der Waals surface area contributed by atoms with Gasteiger partial charge in [0, 0.05) is 25.7 Å². The van der Waals surface area contributed by atoms with Crippen LogP contribution in [0.4, 0.5) is 5.69 Å². The normalized spacial score (nSPS) is 15.4. The van der Waals surface area contributed by atoms with E-state index in [4.69, 9.17) is 0 Å². The number of rotatable bonds is 4. The summed E-state index contributed by atoms with van der Waals surface area (Å²) in [6.07, 6.45) is 2.00. The van der Waals surface area contributed by atoms with Crippen molar-refractivity contribution in [2.45, 2.75) is 19.8 Å². The number of hydrogen-bond donors (Lipinski definition) is 1. The Balaban J connectivity index is 2.00. The van der Waals surface area contributed by atoms with Crippen LogP contribution in [0.25, 0.3) is 0 Å². The van der Waals surface area contributed by atoms with Gasteiger partial charge in [0.2, 0.25) is 5.91 Å². The summed E-state index contributed by atoms with van der Waals surface area (Å²) in [7, 11) is 4.01. The maximum atomic E-state index is 11.5. The van der Waals surface area contributed by atoms with Gasteiger partial charge in [0.15, 0.2) is 0 Å². The molecule has 18 heavy (non-hydrogen) atoms. The summed E-state index contributed by atoms with van der Waals surface area (Å²) in [5.41, 5.74) is 5.62. The second-order valence-corrected chi connectivity index (χ2v) is 4.89. The molecule has 0 atom stereocenters. The average Bonchev–Trinajstić information content (AvgIpc) is 3.20. The number of carbonyl (C=O) groups excluding carboxylic acids is 1. The molecule has 1 aromatic rings. The first-order chi connectivity index (χ1) is 8.58. The van der Waals surface area contributed by atoms with Crippen LogP contribution in [-0.4, -0.2) is 25.7 Å². The molecule has 96 valence electrons. The molecular weight excluding hydrogens is 226 g/mol. The summed E-state index contributed by atoms with van der Waals surface area (Å²) in [5.74, 6) is 0.233. The molecule has 0 saturated heterocycles. The number of carbonyl (C=O) groups is 1. The van der Waals surface area contributed by atoms with Crippen LogP contribution < -0.4 is 10.3 Å². The smallest absolute Gasteiger partial charge is 0.243 e. The fraction of sp³-hybridized carbons (Fsp3) is 0.429. The van der Waals surface area contributed by atoms with Crippen LogP contribution in [0.15, 0.2) is 29.4 Å². The van der Waals surface area contributed by atoms with E-state index in [1.165, 1.54) is 0 Å². The van der Waals surface area contributed by atoms with Crippen molar-refractivity contribution in [1.29, 1.82) is 0 Å². The molecule has 0 heterocycles. The molecule has 0 unspecified atom stereocenters. The Bertz CT molecular complexity index is 458. The van der Waals surface area contributed by atoms with Gasteiger partial charge < -0.3 is 4.90 Å². The van der Waals surface area contributed by atoms with Crippen LogP contribution in [0.1, 0.15) is 25.3 Å². The van der Waals surface area contributed by atoms with E-state index in [0.717, 1.165) is 29.8 Å².